The number of hydrogen-bond acceptors (Lipinski definition) is 4. The van der Waals surface area contributed by atoms with Crippen LogP contribution in [0.3, 0.4) is 0 Å². The molecule has 0 unspecified atom stereocenters. The van der Waals surface area contributed by atoms with Crippen molar-refractivity contribution in [1.29, 1.82) is 0 Å². The summed E-state index contributed by atoms with van der Waals surface area (Å²) in [4.78, 5) is 27.1. The van der Waals surface area contributed by atoms with Crippen LogP contribution in [0.1, 0.15) is 20.3 Å². The van der Waals surface area contributed by atoms with E-state index in [4.69, 9.17) is 0 Å². The number of aromatic nitrogens is 1. The first-order valence-electron chi connectivity index (χ1n) is 7.28. The molecule has 7 heteroatoms. The molecule has 5 nitrogen and oxygen atoms in total. The smallest absolute Gasteiger partial charge is 0.229 e. The zero-order valence-corrected chi connectivity index (χ0v) is 13.5. The second-order valence-corrected chi connectivity index (χ2v) is 6.58. The molecule has 1 saturated carbocycles. The number of carbonyl (C=O) groups excluding carboxylic acids is 2. The van der Waals surface area contributed by atoms with Gasteiger partial charge in [0.25, 0.3) is 0 Å². The molecule has 1 heterocycles. The van der Waals surface area contributed by atoms with Gasteiger partial charge in [-0.1, -0.05) is 6.92 Å². The second-order valence-electron chi connectivity index (χ2n) is 5.72. The van der Waals surface area contributed by atoms with Gasteiger partial charge in [-0.05, 0) is 30.5 Å². The van der Waals surface area contributed by atoms with Crippen LogP contribution in [0.5, 0.6) is 0 Å². The quantitative estimate of drug-likeness (QED) is 0.899. The molecule has 0 radical (unpaired) electrons. The standard InChI is InChI=1S/C16H16FN3O2S/c1-8-5-12(8)15(22)20-16-19-14(7-23-16)11-4-3-10(6-13(11)17)18-9(2)21/h3-4,6-8,12H,5H2,1-2H3,(H,18,21)(H,19,20,22)/t8-,12+/m0/s1. The molecule has 0 spiro atoms. The van der Waals surface area contributed by atoms with Gasteiger partial charge in [0.1, 0.15) is 5.82 Å². The van der Waals surface area contributed by atoms with E-state index in [0.717, 1.165) is 6.42 Å². The molecular weight excluding hydrogens is 317 g/mol. The minimum atomic E-state index is -0.477. The van der Waals surface area contributed by atoms with Crippen molar-refractivity contribution < 1.29 is 14.0 Å². The van der Waals surface area contributed by atoms with Crippen LogP contribution in [0.15, 0.2) is 23.6 Å². The molecule has 2 N–H and O–H groups in total. The maximum Gasteiger partial charge on any atom is 0.229 e. The number of benzene rings is 1. The summed E-state index contributed by atoms with van der Waals surface area (Å²) in [6, 6.07) is 4.42. The number of nitrogens with one attached hydrogen (secondary N) is 2. The van der Waals surface area contributed by atoms with Crippen LogP contribution in [-0.2, 0) is 9.59 Å². The third-order valence-corrected chi connectivity index (χ3v) is 4.50. The first-order valence-corrected chi connectivity index (χ1v) is 8.16. The lowest BCUT2D eigenvalue weighted by Crippen LogP contribution is -2.14. The number of thiazole rings is 1. The number of nitrogens with zero attached hydrogens (tertiary/aromatic N) is 1. The Morgan fingerprint density at radius 3 is 2.70 bits per heavy atom. The maximum absolute atomic E-state index is 14.2. The fourth-order valence-corrected chi connectivity index (χ4v) is 3.06. The Morgan fingerprint density at radius 2 is 2.09 bits per heavy atom. The van der Waals surface area contributed by atoms with Gasteiger partial charge in [0, 0.05) is 29.5 Å². The summed E-state index contributed by atoms with van der Waals surface area (Å²) >= 11 is 1.26. The normalized spacial score (nSPS) is 19.3. The molecule has 2 atom stereocenters. The van der Waals surface area contributed by atoms with E-state index in [-0.39, 0.29) is 17.7 Å². The molecule has 1 fully saturated rings. The number of halogens is 1. The fourth-order valence-electron chi connectivity index (χ4n) is 2.34. The predicted molar refractivity (Wildman–Crippen MR) is 87.7 cm³/mol. The van der Waals surface area contributed by atoms with Crippen LogP contribution in [0, 0.1) is 17.7 Å². The molecule has 2 amide bonds. The molecule has 1 aliphatic rings. The molecule has 23 heavy (non-hydrogen) atoms. The maximum atomic E-state index is 14.2. The van der Waals surface area contributed by atoms with Gasteiger partial charge in [-0.3, -0.25) is 9.59 Å². The Bertz CT molecular complexity index is 774. The lowest BCUT2D eigenvalue weighted by molar-refractivity contribution is -0.117. The summed E-state index contributed by atoms with van der Waals surface area (Å²) in [5, 5.41) is 7.46. The van der Waals surface area contributed by atoms with E-state index in [9.17, 15) is 14.0 Å². The first-order chi connectivity index (χ1) is 10.9. The number of rotatable bonds is 4. The molecule has 0 saturated heterocycles. The molecule has 3 rings (SSSR count). The van der Waals surface area contributed by atoms with E-state index in [0.29, 0.717) is 28.0 Å². The number of anilines is 2. The average molecular weight is 333 g/mol. The Kier molecular flexibility index (Phi) is 4.12. The largest absolute Gasteiger partial charge is 0.326 e. The number of amides is 2. The van der Waals surface area contributed by atoms with Crippen LogP contribution < -0.4 is 10.6 Å². The summed E-state index contributed by atoms with van der Waals surface area (Å²) < 4.78 is 14.2. The Labute approximate surface area is 136 Å². The lowest BCUT2D eigenvalue weighted by Gasteiger charge is -2.05. The topological polar surface area (TPSA) is 71.1 Å². The van der Waals surface area contributed by atoms with Crippen LogP contribution in [0.4, 0.5) is 15.2 Å². The predicted octanol–water partition coefficient (Wildman–Crippen LogP) is 3.50. The van der Waals surface area contributed by atoms with E-state index < -0.39 is 5.82 Å². The average Bonchev–Trinajstić information content (AvgIpc) is 3.03. The van der Waals surface area contributed by atoms with E-state index in [1.807, 2.05) is 6.92 Å². The summed E-state index contributed by atoms with van der Waals surface area (Å²) in [6.45, 7) is 3.39. The van der Waals surface area contributed by atoms with Gasteiger partial charge in [0.15, 0.2) is 5.13 Å². The van der Waals surface area contributed by atoms with Crippen molar-refractivity contribution in [2.45, 2.75) is 20.3 Å². The van der Waals surface area contributed by atoms with Crippen LogP contribution in [0.25, 0.3) is 11.3 Å². The van der Waals surface area contributed by atoms with Crippen molar-refractivity contribution in [3.05, 3.63) is 29.4 Å². The molecule has 1 aromatic heterocycles. The molecule has 1 aromatic carbocycles. The van der Waals surface area contributed by atoms with Crippen molar-refractivity contribution in [2.75, 3.05) is 10.6 Å². The Balaban J connectivity index is 1.74. The Morgan fingerprint density at radius 1 is 1.35 bits per heavy atom. The highest BCUT2D eigenvalue weighted by Gasteiger charge is 2.39. The number of hydrogen-bond donors (Lipinski definition) is 2. The zero-order chi connectivity index (χ0) is 16.6. The molecule has 120 valence electrons. The third-order valence-electron chi connectivity index (χ3n) is 3.75. The highest BCUT2D eigenvalue weighted by Crippen LogP contribution is 2.39. The van der Waals surface area contributed by atoms with Gasteiger partial charge in [-0.15, -0.1) is 11.3 Å². The second kappa shape index (κ2) is 6.08. The molecule has 1 aliphatic carbocycles. The number of carbonyl (C=O) groups is 2. The lowest BCUT2D eigenvalue weighted by atomic mass is 10.1. The highest BCUT2D eigenvalue weighted by molar-refractivity contribution is 7.14. The highest BCUT2D eigenvalue weighted by atomic mass is 32.1. The molecule has 2 aromatic rings. The minimum absolute atomic E-state index is 0.0279. The van der Waals surface area contributed by atoms with E-state index in [1.165, 1.54) is 24.3 Å². The van der Waals surface area contributed by atoms with Gasteiger partial charge in [-0.2, -0.15) is 0 Å². The Hall–Kier alpha value is -2.28. The van der Waals surface area contributed by atoms with Gasteiger partial charge < -0.3 is 10.6 Å². The van der Waals surface area contributed by atoms with Gasteiger partial charge in [-0.25, -0.2) is 9.37 Å². The van der Waals surface area contributed by atoms with Gasteiger partial charge >= 0.3 is 0 Å². The van der Waals surface area contributed by atoms with E-state index >= 15 is 0 Å². The van der Waals surface area contributed by atoms with Crippen molar-refractivity contribution >= 4 is 34.0 Å². The first kappa shape index (κ1) is 15.6. The van der Waals surface area contributed by atoms with Crippen molar-refractivity contribution in [3.8, 4) is 11.3 Å². The summed E-state index contributed by atoms with van der Waals surface area (Å²) in [6.07, 6.45) is 0.906. The van der Waals surface area contributed by atoms with Gasteiger partial charge in [0.05, 0.1) is 5.69 Å². The van der Waals surface area contributed by atoms with Crippen molar-refractivity contribution in [1.82, 2.24) is 4.98 Å². The zero-order valence-electron chi connectivity index (χ0n) is 12.7. The van der Waals surface area contributed by atoms with Crippen LogP contribution in [0.2, 0.25) is 0 Å². The van der Waals surface area contributed by atoms with E-state index in [2.05, 4.69) is 15.6 Å². The molecular formula is C16H16FN3O2S. The van der Waals surface area contributed by atoms with Crippen molar-refractivity contribution in [2.24, 2.45) is 11.8 Å². The van der Waals surface area contributed by atoms with Gasteiger partial charge in [0.2, 0.25) is 11.8 Å². The SMILES string of the molecule is CC(=O)Nc1ccc(-c2csc(NC(=O)[C@@H]3C[C@@H]3C)n2)c(F)c1. The van der Waals surface area contributed by atoms with E-state index in [1.54, 1.807) is 17.5 Å². The van der Waals surface area contributed by atoms with Crippen LogP contribution in [-0.4, -0.2) is 16.8 Å². The van der Waals surface area contributed by atoms with Crippen molar-refractivity contribution in [3.63, 3.8) is 0 Å². The monoisotopic (exact) mass is 333 g/mol. The minimum Gasteiger partial charge on any atom is -0.326 e. The summed E-state index contributed by atoms with van der Waals surface area (Å²) in [5.74, 6) is -0.274. The van der Waals surface area contributed by atoms with Crippen LogP contribution >= 0.6 is 11.3 Å². The fraction of sp³-hybridized carbons (Fsp3) is 0.312. The summed E-state index contributed by atoms with van der Waals surface area (Å²) in [5.41, 5.74) is 1.18. The summed E-state index contributed by atoms with van der Waals surface area (Å²) in [7, 11) is 0. The molecule has 0 aliphatic heterocycles. The third kappa shape index (κ3) is 3.56. The molecule has 0 bridgehead atoms.